The number of carbonyl (C=O) groups is 2. The number of fused-ring (bicyclic) bond motifs is 1. The van der Waals surface area contributed by atoms with Crippen molar-refractivity contribution in [3.63, 3.8) is 0 Å². The van der Waals surface area contributed by atoms with Crippen LogP contribution in [0.25, 0.3) is 11.0 Å². The summed E-state index contributed by atoms with van der Waals surface area (Å²) in [6.07, 6.45) is 0.920. The quantitative estimate of drug-likeness (QED) is 0.542. The van der Waals surface area contributed by atoms with Gasteiger partial charge in [0.05, 0.1) is 37.7 Å². The summed E-state index contributed by atoms with van der Waals surface area (Å²) < 4.78 is 12.7. The summed E-state index contributed by atoms with van der Waals surface area (Å²) in [5, 5.41) is 2.99. The van der Waals surface area contributed by atoms with Crippen LogP contribution in [0, 0.1) is 5.92 Å². The van der Waals surface area contributed by atoms with E-state index in [0.717, 1.165) is 29.0 Å². The summed E-state index contributed by atoms with van der Waals surface area (Å²) in [7, 11) is 3.20. The first-order valence-corrected chi connectivity index (χ1v) is 11.2. The highest BCUT2D eigenvalue weighted by atomic mass is 16.5. The average molecular weight is 451 g/mol. The van der Waals surface area contributed by atoms with Crippen LogP contribution in [-0.4, -0.2) is 53.6 Å². The van der Waals surface area contributed by atoms with Gasteiger partial charge in [-0.2, -0.15) is 0 Å². The largest absolute Gasteiger partial charge is 0.493 e. The van der Waals surface area contributed by atoms with E-state index in [1.165, 1.54) is 0 Å². The number of amides is 2. The highest BCUT2D eigenvalue weighted by molar-refractivity contribution is 5.89. The van der Waals surface area contributed by atoms with Crippen LogP contribution >= 0.6 is 0 Å². The molecule has 4 rings (SSSR count). The summed E-state index contributed by atoms with van der Waals surface area (Å²) in [5.74, 6) is 1.72. The Morgan fingerprint density at radius 1 is 1.15 bits per heavy atom. The van der Waals surface area contributed by atoms with E-state index in [2.05, 4.69) is 21.8 Å². The molecule has 1 fully saturated rings. The van der Waals surface area contributed by atoms with Crippen LogP contribution in [0.15, 0.2) is 42.5 Å². The normalized spacial score (nSPS) is 15.8. The number of hydrogen-bond acceptors (Lipinski definition) is 5. The molecule has 1 atom stereocenters. The van der Waals surface area contributed by atoms with Gasteiger partial charge in [-0.3, -0.25) is 9.59 Å². The summed E-state index contributed by atoms with van der Waals surface area (Å²) in [4.78, 5) is 31.7. The van der Waals surface area contributed by atoms with E-state index in [1.807, 2.05) is 42.5 Å². The Bertz CT molecular complexity index is 1160. The minimum Gasteiger partial charge on any atom is -0.493 e. The van der Waals surface area contributed by atoms with Crippen molar-refractivity contribution in [3.05, 3.63) is 53.9 Å². The zero-order chi connectivity index (χ0) is 23.4. The third kappa shape index (κ3) is 4.79. The predicted octanol–water partition coefficient (Wildman–Crippen LogP) is 2.78. The Hall–Kier alpha value is -3.55. The Morgan fingerprint density at radius 3 is 2.70 bits per heavy atom. The Balaban J connectivity index is 1.33. The molecule has 2 aromatic carbocycles. The molecule has 1 N–H and O–H groups in total. The molecule has 174 valence electrons. The van der Waals surface area contributed by atoms with Crippen LogP contribution in [0.4, 0.5) is 0 Å². The first kappa shape index (κ1) is 22.6. The second-order valence-electron chi connectivity index (χ2n) is 8.16. The molecule has 1 aromatic heterocycles. The number of aromatic nitrogens is 2. The number of methoxy groups -OCH3 is 2. The molecule has 0 saturated carbocycles. The van der Waals surface area contributed by atoms with Gasteiger partial charge in [-0.25, -0.2) is 4.98 Å². The number of ether oxygens (including phenoxy) is 2. The number of carbonyl (C=O) groups excluding carboxylic acids is 2. The molecule has 2 amide bonds. The molecule has 1 unspecified atom stereocenters. The van der Waals surface area contributed by atoms with E-state index in [1.54, 1.807) is 19.1 Å². The van der Waals surface area contributed by atoms with Crippen LogP contribution in [0.1, 0.15) is 24.7 Å². The molecule has 33 heavy (non-hydrogen) atoms. The summed E-state index contributed by atoms with van der Waals surface area (Å²) >= 11 is 0. The van der Waals surface area contributed by atoms with E-state index < -0.39 is 0 Å². The van der Waals surface area contributed by atoms with E-state index in [9.17, 15) is 9.59 Å². The first-order chi connectivity index (χ1) is 16.0. The van der Waals surface area contributed by atoms with Crippen molar-refractivity contribution in [3.8, 4) is 11.5 Å². The molecule has 8 heteroatoms. The smallest absolute Gasteiger partial charge is 0.225 e. The Labute approximate surface area is 193 Å². The maximum absolute atomic E-state index is 12.8. The Morgan fingerprint density at radius 2 is 1.94 bits per heavy atom. The fourth-order valence-corrected chi connectivity index (χ4v) is 4.39. The zero-order valence-electron chi connectivity index (χ0n) is 19.3. The molecule has 3 aromatic rings. The van der Waals surface area contributed by atoms with Gasteiger partial charge >= 0.3 is 0 Å². The van der Waals surface area contributed by atoms with Crippen LogP contribution in [0.2, 0.25) is 0 Å². The summed E-state index contributed by atoms with van der Waals surface area (Å²) in [6, 6.07) is 13.7. The standard InChI is InChI=1S/C25H30N4O4/c1-4-29-20-8-6-5-7-19(20)27-23(29)15-26-25(31)18-14-24(30)28(16-18)12-11-17-9-10-21(32-2)22(13-17)33-3/h5-10,13,18H,4,11-12,14-16H2,1-3H3,(H,26,31). The van der Waals surface area contributed by atoms with Crippen molar-refractivity contribution in [2.45, 2.75) is 32.9 Å². The number of para-hydroxylation sites is 2. The van der Waals surface area contributed by atoms with Gasteiger partial charge in [-0.15, -0.1) is 0 Å². The molecule has 0 spiro atoms. The number of benzene rings is 2. The van der Waals surface area contributed by atoms with Crippen molar-refractivity contribution in [1.82, 2.24) is 19.8 Å². The Kier molecular flexibility index (Phi) is 6.82. The van der Waals surface area contributed by atoms with E-state index >= 15 is 0 Å². The van der Waals surface area contributed by atoms with Crippen molar-refractivity contribution >= 4 is 22.8 Å². The summed E-state index contributed by atoms with van der Waals surface area (Å²) in [5.41, 5.74) is 3.02. The number of aryl methyl sites for hydroxylation is 1. The maximum atomic E-state index is 12.8. The number of likely N-dealkylation sites (tertiary alicyclic amines) is 1. The monoisotopic (exact) mass is 450 g/mol. The average Bonchev–Trinajstić information content (AvgIpc) is 3.40. The van der Waals surface area contributed by atoms with Crippen LogP contribution < -0.4 is 14.8 Å². The molecule has 1 saturated heterocycles. The van der Waals surface area contributed by atoms with Crippen molar-refractivity contribution in [1.29, 1.82) is 0 Å². The lowest BCUT2D eigenvalue weighted by Gasteiger charge is -2.17. The molecule has 1 aliphatic rings. The van der Waals surface area contributed by atoms with Crippen LogP contribution in [-0.2, 0) is 29.1 Å². The first-order valence-electron chi connectivity index (χ1n) is 11.2. The molecule has 0 bridgehead atoms. The van der Waals surface area contributed by atoms with Crippen molar-refractivity contribution in [2.24, 2.45) is 5.92 Å². The van der Waals surface area contributed by atoms with E-state index in [-0.39, 0.29) is 24.2 Å². The second-order valence-corrected chi connectivity index (χ2v) is 8.16. The zero-order valence-corrected chi connectivity index (χ0v) is 19.3. The number of nitrogens with one attached hydrogen (secondary N) is 1. The fourth-order valence-electron chi connectivity index (χ4n) is 4.39. The number of nitrogens with zero attached hydrogens (tertiary/aromatic N) is 3. The maximum Gasteiger partial charge on any atom is 0.225 e. The van der Waals surface area contributed by atoms with Gasteiger partial charge in [0.25, 0.3) is 0 Å². The van der Waals surface area contributed by atoms with Crippen molar-refractivity contribution in [2.75, 3.05) is 27.3 Å². The van der Waals surface area contributed by atoms with Gasteiger partial charge in [-0.1, -0.05) is 18.2 Å². The highest BCUT2D eigenvalue weighted by Gasteiger charge is 2.34. The molecule has 1 aliphatic heterocycles. The molecular formula is C25H30N4O4. The van der Waals surface area contributed by atoms with Gasteiger partial charge in [0.1, 0.15) is 5.82 Å². The third-order valence-electron chi connectivity index (χ3n) is 6.17. The number of rotatable bonds is 9. The predicted molar refractivity (Wildman–Crippen MR) is 125 cm³/mol. The van der Waals surface area contributed by atoms with Gasteiger partial charge in [-0.05, 0) is 43.2 Å². The van der Waals surface area contributed by atoms with Crippen LogP contribution in [0.3, 0.4) is 0 Å². The molecule has 8 nitrogen and oxygen atoms in total. The highest BCUT2D eigenvalue weighted by Crippen LogP contribution is 2.28. The molecular weight excluding hydrogens is 420 g/mol. The van der Waals surface area contributed by atoms with Crippen molar-refractivity contribution < 1.29 is 19.1 Å². The van der Waals surface area contributed by atoms with Gasteiger partial charge in [0.2, 0.25) is 11.8 Å². The summed E-state index contributed by atoms with van der Waals surface area (Å²) in [6.45, 7) is 4.17. The molecule has 0 aliphatic carbocycles. The second kappa shape index (κ2) is 9.94. The molecule has 0 radical (unpaired) electrons. The lowest BCUT2D eigenvalue weighted by molar-refractivity contribution is -0.129. The number of hydrogen-bond donors (Lipinski definition) is 1. The lowest BCUT2D eigenvalue weighted by atomic mass is 10.1. The van der Waals surface area contributed by atoms with Gasteiger partial charge in [0.15, 0.2) is 11.5 Å². The van der Waals surface area contributed by atoms with E-state index in [4.69, 9.17) is 9.47 Å². The SMILES string of the molecule is CCn1c(CNC(=O)C2CC(=O)N(CCc3ccc(OC)c(OC)c3)C2)nc2ccccc21. The minimum atomic E-state index is -0.345. The lowest BCUT2D eigenvalue weighted by Crippen LogP contribution is -2.33. The van der Waals surface area contributed by atoms with Crippen LogP contribution in [0.5, 0.6) is 11.5 Å². The third-order valence-corrected chi connectivity index (χ3v) is 6.17. The van der Waals surface area contributed by atoms with Gasteiger partial charge in [0, 0.05) is 26.1 Å². The van der Waals surface area contributed by atoms with E-state index in [0.29, 0.717) is 37.6 Å². The topological polar surface area (TPSA) is 85.7 Å². The van der Waals surface area contributed by atoms with Gasteiger partial charge < -0.3 is 24.3 Å². The fraction of sp³-hybridized carbons (Fsp3) is 0.400. The minimum absolute atomic E-state index is 0.0106. The number of imidazole rings is 1. The molecule has 2 heterocycles.